The number of amides is 1. The number of benzene rings is 1. The zero-order valence-electron chi connectivity index (χ0n) is 14.3. The molecule has 0 aliphatic carbocycles. The van der Waals surface area contributed by atoms with Crippen molar-refractivity contribution in [1.29, 1.82) is 0 Å². The third-order valence-electron chi connectivity index (χ3n) is 3.07. The number of aliphatic imine (C=N–C) groups is 1. The zero-order valence-corrected chi connectivity index (χ0v) is 16.6. The van der Waals surface area contributed by atoms with Crippen LogP contribution in [0.4, 0.5) is 0 Å². The number of nitrogens with one attached hydrogen (secondary N) is 3. The van der Waals surface area contributed by atoms with Gasteiger partial charge in [0, 0.05) is 19.6 Å². The number of carbonyl (C=O) groups is 1. The Balaban J connectivity index is 0.00000484. The van der Waals surface area contributed by atoms with E-state index in [9.17, 15) is 4.79 Å². The summed E-state index contributed by atoms with van der Waals surface area (Å²) in [5, 5.41) is 9.25. The first-order valence-corrected chi connectivity index (χ1v) is 7.94. The number of guanidine groups is 1. The van der Waals surface area contributed by atoms with Gasteiger partial charge in [0.1, 0.15) is 6.54 Å². The number of hydrogen-bond acceptors (Lipinski definition) is 2. The predicted octanol–water partition coefficient (Wildman–Crippen LogP) is 2.52. The van der Waals surface area contributed by atoms with Gasteiger partial charge in [0.05, 0.1) is 0 Å². The molecule has 1 amide bonds. The van der Waals surface area contributed by atoms with Gasteiger partial charge < -0.3 is 16.0 Å². The summed E-state index contributed by atoms with van der Waals surface area (Å²) in [5.74, 6) is 1.26. The minimum absolute atomic E-state index is 0. The molecule has 23 heavy (non-hydrogen) atoms. The van der Waals surface area contributed by atoms with Crippen molar-refractivity contribution in [3.63, 3.8) is 0 Å². The van der Waals surface area contributed by atoms with Crippen molar-refractivity contribution in [2.45, 2.75) is 33.7 Å². The highest BCUT2D eigenvalue weighted by atomic mass is 127. The molecule has 0 fully saturated rings. The van der Waals surface area contributed by atoms with Crippen LogP contribution in [-0.4, -0.2) is 31.5 Å². The van der Waals surface area contributed by atoms with Crippen LogP contribution in [0.5, 0.6) is 0 Å². The molecule has 1 aromatic carbocycles. The quantitative estimate of drug-likeness (QED) is 0.336. The molecule has 0 saturated heterocycles. The van der Waals surface area contributed by atoms with E-state index in [0.717, 1.165) is 25.1 Å². The van der Waals surface area contributed by atoms with Crippen LogP contribution < -0.4 is 16.0 Å². The molecule has 0 atom stereocenters. The normalized spacial score (nSPS) is 10.9. The predicted molar refractivity (Wildman–Crippen MR) is 107 cm³/mol. The standard InChI is InChI=1S/C17H28N4O.HI/c1-4-18-17(19-11-10-14(2)3)21-13-16(22)20-12-15-8-6-5-7-9-15;/h5-9,14H,4,10-13H2,1-3H3,(H,20,22)(H2,18,19,21);1H. The second-order valence-electron chi connectivity index (χ2n) is 5.57. The Morgan fingerprint density at radius 1 is 1.13 bits per heavy atom. The topological polar surface area (TPSA) is 65.5 Å². The van der Waals surface area contributed by atoms with Crippen LogP contribution in [0.1, 0.15) is 32.8 Å². The molecule has 130 valence electrons. The van der Waals surface area contributed by atoms with Crippen molar-refractivity contribution in [1.82, 2.24) is 16.0 Å². The highest BCUT2D eigenvalue weighted by molar-refractivity contribution is 14.0. The molecule has 1 rings (SSSR count). The monoisotopic (exact) mass is 432 g/mol. The van der Waals surface area contributed by atoms with Gasteiger partial charge >= 0.3 is 0 Å². The summed E-state index contributed by atoms with van der Waals surface area (Å²) in [4.78, 5) is 16.1. The maximum absolute atomic E-state index is 11.8. The van der Waals surface area contributed by atoms with E-state index in [1.54, 1.807) is 0 Å². The van der Waals surface area contributed by atoms with Gasteiger partial charge in [0.15, 0.2) is 5.96 Å². The molecule has 5 nitrogen and oxygen atoms in total. The highest BCUT2D eigenvalue weighted by Gasteiger charge is 2.02. The fourth-order valence-electron chi connectivity index (χ4n) is 1.82. The Labute approximate surface area is 156 Å². The van der Waals surface area contributed by atoms with Gasteiger partial charge in [-0.05, 0) is 24.8 Å². The van der Waals surface area contributed by atoms with Crippen LogP contribution >= 0.6 is 24.0 Å². The molecule has 0 spiro atoms. The summed E-state index contributed by atoms with van der Waals surface area (Å²) in [5.41, 5.74) is 1.08. The fraction of sp³-hybridized carbons (Fsp3) is 0.529. The van der Waals surface area contributed by atoms with Crippen molar-refractivity contribution in [2.75, 3.05) is 19.6 Å². The first-order valence-electron chi connectivity index (χ1n) is 7.94. The van der Waals surface area contributed by atoms with E-state index in [1.165, 1.54) is 0 Å². The Kier molecular flexibility index (Phi) is 12.4. The van der Waals surface area contributed by atoms with E-state index < -0.39 is 0 Å². The van der Waals surface area contributed by atoms with E-state index in [1.807, 2.05) is 37.3 Å². The lowest BCUT2D eigenvalue weighted by atomic mass is 10.1. The Hall–Kier alpha value is -1.31. The first-order chi connectivity index (χ1) is 10.6. The second kappa shape index (κ2) is 13.2. The van der Waals surface area contributed by atoms with Crippen molar-refractivity contribution in [3.05, 3.63) is 35.9 Å². The van der Waals surface area contributed by atoms with E-state index in [4.69, 9.17) is 0 Å². The van der Waals surface area contributed by atoms with Crippen LogP contribution in [0.3, 0.4) is 0 Å². The summed E-state index contributed by atoms with van der Waals surface area (Å²) in [6, 6.07) is 9.85. The van der Waals surface area contributed by atoms with E-state index in [0.29, 0.717) is 18.4 Å². The van der Waals surface area contributed by atoms with Crippen LogP contribution in [-0.2, 0) is 11.3 Å². The van der Waals surface area contributed by atoms with Crippen molar-refractivity contribution >= 4 is 35.8 Å². The molecular weight excluding hydrogens is 403 g/mol. The number of halogens is 1. The minimum atomic E-state index is -0.0788. The zero-order chi connectivity index (χ0) is 16.2. The molecule has 0 heterocycles. The molecule has 0 aliphatic heterocycles. The van der Waals surface area contributed by atoms with Gasteiger partial charge in [-0.3, -0.25) is 4.79 Å². The number of carbonyl (C=O) groups excluding carboxylic acids is 1. The molecule has 0 aliphatic rings. The smallest absolute Gasteiger partial charge is 0.242 e. The molecule has 0 radical (unpaired) electrons. The van der Waals surface area contributed by atoms with Crippen LogP contribution in [0, 0.1) is 5.92 Å². The molecule has 0 bridgehead atoms. The first kappa shape index (κ1) is 21.7. The summed E-state index contributed by atoms with van der Waals surface area (Å²) in [6.45, 7) is 8.67. The summed E-state index contributed by atoms with van der Waals surface area (Å²) < 4.78 is 0. The van der Waals surface area contributed by atoms with Crippen molar-refractivity contribution < 1.29 is 4.79 Å². The maximum Gasteiger partial charge on any atom is 0.242 e. The van der Waals surface area contributed by atoms with E-state index in [2.05, 4.69) is 34.8 Å². The third-order valence-corrected chi connectivity index (χ3v) is 3.07. The van der Waals surface area contributed by atoms with Gasteiger partial charge in [-0.15, -0.1) is 24.0 Å². The molecule has 0 unspecified atom stereocenters. The number of rotatable bonds is 8. The molecule has 3 N–H and O–H groups in total. The summed E-state index contributed by atoms with van der Waals surface area (Å²) in [6.07, 6.45) is 1.07. The van der Waals surface area contributed by atoms with Gasteiger partial charge in [0.2, 0.25) is 5.91 Å². The molecule has 0 saturated carbocycles. The average Bonchev–Trinajstić information content (AvgIpc) is 2.51. The van der Waals surface area contributed by atoms with Crippen molar-refractivity contribution in [3.8, 4) is 0 Å². The third kappa shape index (κ3) is 11.0. The van der Waals surface area contributed by atoms with Crippen LogP contribution in [0.15, 0.2) is 35.3 Å². The molecule has 6 heteroatoms. The maximum atomic E-state index is 11.8. The lowest BCUT2D eigenvalue weighted by Gasteiger charge is -2.12. The number of nitrogens with zero attached hydrogens (tertiary/aromatic N) is 1. The Morgan fingerprint density at radius 3 is 2.43 bits per heavy atom. The second-order valence-corrected chi connectivity index (χ2v) is 5.57. The van der Waals surface area contributed by atoms with Gasteiger partial charge in [-0.1, -0.05) is 44.2 Å². The van der Waals surface area contributed by atoms with Gasteiger partial charge in [-0.2, -0.15) is 0 Å². The molecule has 1 aromatic rings. The SMILES string of the molecule is CCNC(=NCC(=O)NCc1ccccc1)NCCC(C)C.I. The Morgan fingerprint density at radius 2 is 1.83 bits per heavy atom. The van der Waals surface area contributed by atoms with E-state index in [-0.39, 0.29) is 36.4 Å². The number of hydrogen-bond donors (Lipinski definition) is 3. The lowest BCUT2D eigenvalue weighted by Crippen LogP contribution is -2.39. The average molecular weight is 432 g/mol. The Bertz CT molecular complexity index is 463. The van der Waals surface area contributed by atoms with Crippen molar-refractivity contribution in [2.24, 2.45) is 10.9 Å². The van der Waals surface area contributed by atoms with Crippen LogP contribution in [0.2, 0.25) is 0 Å². The van der Waals surface area contributed by atoms with E-state index >= 15 is 0 Å². The lowest BCUT2D eigenvalue weighted by molar-refractivity contribution is -0.119. The largest absolute Gasteiger partial charge is 0.357 e. The van der Waals surface area contributed by atoms with Crippen LogP contribution in [0.25, 0.3) is 0 Å². The molecular formula is C17H29IN4O. The molecule has 0 aromatic heterocycles. The van der Waals surface area contributed by atoms with Gasteiger partial charge in [-0.25, -0.2) is 4.99 Å². The fourth-order valence-corrected chi connectivity index (χ4v) is 1.82. The van der Waals surface area contributed by atoms with Gasteiger partial charge in [0.25, 0.3) is 0 Å². The summed E-state index contributed by atoms with van der Waals surface area (Å²) in [7, 11) is 0. The highest BCUT2D eigenvalue weighted by Crippen LogP contribution is 1.97. The summed E-state index contributed by atoms with van der Waals surface area (Å²) >= 11 is 0. The minimum Gasteiger partial charge on any atom is -0.357 e.